The molecule has 1 N–H and O–H groups in total. The van der Waals surface area contributed by atoms with Crippen LogP contribution in [0.5, 0.6) is 0 Å². The van der Waals surface area contributed by atoms with Crippen LogP contribution in [-0.2, 0) is 11.2 Å². The van der Waals surface area contributed by atoms with E-state index in [1.165, 1.54) is 22.2 Å². The minimum atomic E-state index is -0.0246. The lowest BCUT2D eigenvalue weighted by Gasteiger charge is -2.24. The van der Waals surface area contributed by atoms with E-state index in [2.05, 4.69) is 29.2 Å². The Morgan fingerprint density at radius 3 is 2.70 bits per heavy atom. The first-order chi connectivity index (χ1) is 9.83. The molecular formula is C17H14ClNO. The maximum Gasteiger partial charge on any atom is 0.123 e. The van der Waals surface area contributed by atoms with Crippen LogP contribution in [0.2, 0.25) is 5.02 Å². The molecule has 1 atom stereocenters. The molecule has 100 valence electrons. The molecule has 0 saturated carbocycles. The van der Waals surface area contributed by atoms with Crippen LogP contribution >= 0.6 is 11.6 Å². The normalized spacial score (nSPS) is 18.1. The van der Waals surface area contributed by atoms with Crippen LogP contribution in [0.1, 0.15) is 22.9 Å². The van der Waals surface area contributed by atoms with Gasteiger partial charge in [0, 0.05) is 15.9 Å². The summed E-state index contributed by atoms with van der Waals surface area (Å²) in [5.41, 5.74) is 4.88. The second-order valence-electron chi connectivity index (χ2n) is 5.12. The highest BCUT2D eigenvalue weighted by Gasteiger charge is 2.26. The standard InChI is InChI=1S/C17H14ClNO/c18-12-7-5-11(6-8-12)17-16-14(9-10-20-17)13-3-1-2-4-15(13)19-16/h1-8,17,19H,9-10H2/t17-/m1/s1. The van der Waals surface area contributed by atoms with E-state index < -0.39 is 0 Å². The molecule has 1 aliphatic heterocycles. The van der Waals surface area contributed by atoms with E-state index in [-0.39, 0.29) is 6.10 Å². The summed E-state index contributed by atoms with van der Waals surface area (Å²) in [6, 6.07) is 16.3. The number of hydrogen-bond acceptors (Lipinski definition) is 1. The molecule has 3 heteroatoms. The van der Waals surface area contributed by atoms with Gasteiger partial charge in [0.05, 0.1) is 12.3 Å². The minimum Gasteiger partial charge on any atom is -0.367 e. The number of halogens is 1. The van der Waals surface area contributed by atoms with Crippen molar-refractivity contribution in [3.63, 3.8) is 0 Å². The fourth-order valence-corrected chi connectivity index (χ4v) is 3.10. The molecule has 0 radical (unpaired) electrons. The molecule has 0 spiro atoms. The van der Waals surface area contributed by atoms with E-state index in [1.807, 2.05) is 24.3 Å². The van der Waals surface area contributed by atoms with Gasteiger partial charge < -0.3 is 9.72 Å². The first-order valence-electron chi connectivity index (χ1n) is 6.79. The Hall–Kier alpha value is -1.77. The summed E-state index contributed by atoms with van der Waals surface area (Å²) in [7, 11) is 0. The van der Waals surface area contributed by atoms with Crippen LogP contribution in [0.4, 0.5) is 0 Å². The Labute approximate surface area is 122 Å². The van der Waals surface area contributed by atoms with Gasteiger partial charge in [0.2, 0.25) is 0 Å². The lowest BCUT2D eigenvalue weighted by molar-refractivity contribution is 0.0677. The highest BCUT2D eigenvalue weighted by Crippen LogP contribution is 2.36. The van der Waals surface area contributed by atoms with Crippen molar-refractivity contribution in [1.82, 2.24) is 4.98 Å². The van der Waals surface area contributed by atoms with E-state index >= 15 is 0 Å². The number of aromatic nitrogens is 1. The minimum absolute atomic E-state index is 0.0246. The van der Waals surface area contributed by atoms with Crippen molar-refractivity contribution < 1.29 is 4.74 Å². The van der Waals surface area contributed by atoms with E-state index in [1.54, 1.807) is 0 Å². The van der Waals surface area contributed by atoms with Crippen molar-refractivity contribution in [3.8, 4) is 0 Å². The molecule has 2 nitrogen and oxygen atoms in total. The number of benzene rings is 2. The number of aromatic amines is 1. The van der Waals surface area contributed by atoms with Gasteiger partial charge in [-0.1, -0.05) is 41.9 Å². The topological polar surface area (TPSA) is 25.0 Å². The van der Waals surface area contributed by atoms with Crippen LogP contribution in [-0.4, -0.2) is 11.6 Å². The maximum atomic E-state index is 5.99. The molecule has 0 aliphatic carbocycles. The van der Waals surface area contributed by atoms with Crippen molar-refractivity contribution >= 4 is 22.5 Å². The number of ether oxygens (including phenoxy) is 1. The summed E-state index contributed by atoms with van der Waals surface area (Å²) < 4.78 is 5.99. The highest BCUT2D eigenvalue weighted by atomic mass is 35.5. The average Bonchev–Trinajstić information content (AvgIpc) is 2.87. The van der Waals surface area contributed by atoms with Crippen LogP contribution in [0, 0.1) is 0 Å². The zero-order valence-corrected chi connectivity index (χ0v) is 11.7. The van der Waals surface area contributed by atoms with Gasteiger partial charge in [0.25, 0.3) is 0 Å². The molecular weight excluding hydrogens is 270 g/mol. The summed E-state index contributed by atoms with van der Waals surface area (Å²) in [6.07, 6.45) is 0.937. The molecule has 0 saturated heterocycles. The van der Waals surface area contributed by atoms with Gasteiger partial charge in [-0.25, -0.2) is 0 Å². The number of rotatable bonds is 1. The van der Waals surface area contributed by atoms with Crippen LogP contribution < -0.4 is 0 Å². The molecule has 20 heavy (non-hydrogen) atoms. The first-order valence-corrected chi connectivity index (χ1v) is 7.17. The second kappa shape index (κ2) is 4.65. The third-order valence-electron chi connectivity index (χ3n) is 3.92. The quantitative estimate of drug-likeness (QED) is 0.700. The number of nitrogens with one attached hydrogen (secondary N) is 1. The van der Waals surface area contributed by atoms with E-state index in [0.29, 0.717) is 0 Å². The molecule has 0 amide bonds. The summed E-state index contributed by atoms with van der Waals surface area (Å²) in [5, 5.41) is 2.06. The molecule has 1 aliphatic rings. The molecule has 0 unspecified atom stereocenters. The van der Waals surface area contributed by atoms with Crippen molar-refractivity contribution in [2.45, 2.75) is 12.5 Å². The SMILES string of the molecule is Clc1ccc([C@H]2OCCc3c2[nH]c2ccccc32)cc1. The molecule has 2 aromatic carbocycles. The summed E-state index contributed by atoms with van der Waals surface area (Å²) in [5.74, 6) is 0. The van der Waals surface area contributed by atoms with E-state index in [0.717, 1.165) is 23.6 Å². The van der Waals surface area contributed by atoms with Gasteiger partial charge in [-0.05, 0) is 35.7 Å². The zero-order chi connectivity index (χ0) is 13.5. The van der Waals surface area contributed by atoms with E-state index in [9.17, 15) is 0 Å². The first kappa shape index (κ1) is 12.0. The number of para-hydroxylation sites is 1. The van der Waals surface area contributed by atoms with Gasteiger partial charge in [-0.3, -0.25) is 0 Å². The monoisotopic (exact) mass is 283 g/mol. The fraction of sp³-hybridized carbons (Fsp3) is 0.176. The lowest BCUT2D eigenvalue weighted by Crippen LogP contribution is -2.16. The van der Waals surface area contributed by atoms with Gasteiger partial charge in [0.15, 0.2) is 0 Å². The van der Waals surface area contributed by atoms with Crippen LogP contribution in [0.25, 0.3) is 10.9 Å². The Kier molecular flexibility index (Phi) is 2.79. The van der Waals surface area contributed by atoms with Crippen LogP contribution in [0.15, 0.2) is 48.5 Å². The second-order valence-corrected chi connectivity index (χ2v) is 5.55. The molecule has 2 heterocycles. The Morgan fingerprint density at radius 1 is 1.05 bits per heavy atom. The predicted octanol–water partition coefficient (Wildman–Crippen LogP) is 4.48. The number of fused-ring (bicyclic) bond motifs is 3. The van der Waals surface area contributed by atoms with Crippen molar-refractivity contribution in [2.75, 3.05) is 6.61 Å². The average molecular weight is 284 g/mol. The fourth-order valence-electron chi connectivity index (χ4n) is 2.98. The summed E-state index contributed by atoms with van der Waals surface area (Å²) >= 11 is 5.97. The summed E-state index contributed by atoms with van der Waals surface area (Å²) in [6.45, 7) is 0.752. The molecule has 4 rings (SSSR count). The van der Waals surface area contributed by atoms with Gasteiger partial charge in [0.1, 0.15) is 6.10 Å². The molecule has 1 aromatic heterocycles. The van der Waals surface area contributed by atoms with Gasteiger partial charge in [-0.15, -0.1) is 0 Å². The summed E-state index contributed by atoms with van der Waals surface area (Å²) in [4.78, 5) is 3.52. The van der Waals surface area contributed by atoms with Gasteiger partial charge >= 0.3 is 0 Å². The number of H-pyrrole nitrogens is 1. The Bertz CT molecular complexity index is 760. The molecule has 0 bridgehead atoms. The van der Waals surface area contributed by atoms with Crippen molar-refractivity contribution in [2.24, 2.45) is 0 Å². The number of hydrogen-bond donors (Lipinski definition) is 1. The van der Waals surface area contributed by atoms with Gasteiger partial charge in [-0.2, -0.15) is 0 Å². The lowest BCUT2D eigenvalue weighted by atomic mass is 9.98. The zero-order valence-electron chi connectivity index (χ0n) is 10.9. The molecule has 0 fully saturated rings. The van der Waals surface area contributed by atoms with Crippen LogP contribution in [0.3, 0.4) is 0 Å². The largest absolute Gasteiger partial charge is 0.367 e. The highest BCUT2D eigenvalue weighted by molar-refractivity contribution is 6.30. The third-order valence-corrected chi connectivity index (χ3v) is 4.17. The smallest absolute Gasteiger partial charge is 0.123 e. The Morgan fingerprint density at radius 2 is 1.85 bits per heavy atom. The maximum absolute atomic E-state index is 5.99. The van der Waals surface area contributed by atoms with E-state index in [4.69, 9.17) is 16.3 Å². The van der Waals surface area contributed by atoms with Crippen molar-refractivity contribution in [3.05, 3.63) is 70.4 Å². The third kappa shape index (κ3) is 1.84. The van der Waals surface area contributed by atoms with Crippen molar-refractivity contribution in [1.29, 1.82) is 0 Å². The predicted molar refractivity (Wildman–Crippen MR) is 81.2 cm³/mol. The molecule has 3 aromatic rings. The Balaban J connectivity index is 1.87.